The molecule has 3 rings (SSSR count). The van der Waals surface area contributed by atoms with Crippen molar-refractivity contribution in [3.05, 3.63) is 98.3 Å². The summed E-state index contributed by atoms with van der Waals surface area (Å²) in [5.41, 5.74) is 1.20. The van der Waals surface area contributed by atoms with Crippen LogP contribution in [0.5, 0.6) is 0 Å². The summed E-state index contributed by atoms with van der Waals surface area (Å²) in [7, 11) is -3.98. The van der Waals surface area contributed by atoms with Crippen LogP contribution in [0.3, 0.4) is 0 Å². The maximum absolute atomic E-state index is 12.8. The summed E-state index contributed by atoms with van der Waals surface area (Å²) >= 11 is 9.30. The third-order valence-electron chi connectivity index (χ3n) is 4.08. The van der Waals surface area contributed by atoms with Crippen LogP contribution in [-0.4, -0.2) is 14.3 Å². The molecule has 0 radical (unpaired) electrons. The number of hydrogen-bond donors (Lipinski definition) is 1. The Morgan fingerprint density at radius 3 is 2.40 bits per heavy atom. The molecule has 5 nitrogen and oxygen atoms in total. The molecule has 0 aliphatic heterocycles. The SMILES string of the molecule is N#C/C(=C\c1cccc(NC(=O)c2ccccc2Cl)c1)S(=O)(=O)c1ccc(Br)cc1. The molecule has 0 saturated heterocycles. The van der Waals surface area contributed by atoms with Crippen molar-refractivity contribution < 1.29 is 13.2 Å². The molecule has 1 amide bonds. The number of nitrogens with zero attached hydrogens (tertiary/aromatic N) is 1. The fraction of sp³-hybridized carbons (Fsp3) is 0. The largest absolute Gasteiger partial charge is 0.322 e. The molecule has 0 spiro atoms. The molecule has 8 heteroatoms. The maximum atomic E-state index is 12.8. The summed E-state index contributed by atoms with van der Waals surface area (Å²) in [6.45, 7) is 0. The average Bonchev–Trinajstić information content (AvgIpc) is 2.72. The van der Waals surface area contributed by atoms with E-state index < -0.39 is 20.6 Å². The molecular formula is C22H14BrClN2O3S. The number of nitrogens with one attached hydrogen (secondary N) is 1. The van der Waals surface area contributed by atoms with Gasteiger partial charge in [0.1, 0.15) is 11.0 Å². The number of allylic oxidation sites excluding steroid dienone is 1. The predicted octanol–water partition coefficient (Wildman–Crippen LogP) is 5.69. The van der Waals surface area contributed by atoms with Gasteiger partial charge in [-0.15, -0.1) is 0 Å². The second-order valence-electron chi connectivity index (χ2n) is 6.14. The quantitative estimate of drug-likeness (QED) is 0.455. The van der Waals surface area contributed by atoms with E-state index in [0.717, 1.165) is 4.47 Å². The zero-order valence-corrected chi connectivity index (χ0v) is 18.5. The molecule has 0 aliphatic rings. The highest BCUT2D eigenvalue weighted by molar-refractivity contribution is 9.10. The number of anilines is 1. The van der Waals surface area contributed by atoms with Crippen molar-refractivity contribution in [3.63, 3.8) is 0 Å². The first kappa shape index (κ1) is 21.8. The van der Waals surface area contributed by atoms with Gasteiger partial charge in [-0.3, -0.25) is 4.79 Å². The Labute approximate surface area is 187 Å². The number of hydrogen-bond acceptors (Lipinski definition) is 4. The molecule has 3 aromatic rings. The van der Waals surface area contributed by atoms with Gasteiger partial charge in [-0.05, 0) is 60.2 Å². The Bertz CT molecular complexity index is 1280. The normalized spacial score (nSPS) is 11.6. The van der Waals surface area contributed by atoms with Crippen LogP contribution >= 0.6 is 27.5 Å². The van der Waals surface area contributed by atoms with E-state index in [-0.39, 0.29) is 4.90 Å². The Morgan fingerprint density at radius 1 is 1.03 bits per heavy atom. The molecule has 3 aromatic carbocycles. The van der Waals surface area contributed by atoms with Gasteiger partial charge in [0.15, 0.2) is 0 Å². The Hall–Kier alpha value is -2.92. The Balaban J connectivity index is 1.90. The minimum Gasteiger partial charge on any atom is -0.322 e. The standard InChI is InChI=1S/C22H14BrClN2O3S/c23-16-8-10-18(11-9-16)30(28,29)19(14-25)13-15-4-3-5-17(12-15)26-22(27)20-6-1-2-7-21(20)24/h1-13H,(H,26,27)/b19-13+. The third kappa shape index (κ3) is 4.97. The van der Waals surface area contributed by atoms with Crippen LogP contribution in [0.25, 0.3) is 6.08 Å². The zero-order chi connectivity index (χ0) is 21.7. The number of halogens is 2. The summed E-state index contributed by atoms with van der Waals surface area (Å²) in [4.78, 5) is 12.0. The monoisotopic (exact) mass is 500 g/mol. The minimum atomic E-state index is -3.98. The van der Waals surface area contributed by atoms with E-state index in [0.29, 0.717) is 21.8 Å². The van der Waals surface area contributed by atoms with Crippen LogP contribution in [0, 0.1) is 11.3 Å². The highest BCUT2D eigenvalue weighted by Crippen LogP contribution is 2.24. The molecule has 0 unspecified atom stereocenters. The van der Waals surface area contributed by atoms with Crippen molar-refractivity contribution in [3.8, 4) is 6.07 Å². The van der Waals surface area contributed by atoms with Crippen LogP contribution in [0.2, 0.25) is 5.02 Å². The van der Waals surface area contributed by atoms with Crippen molar-refractivity contribution in [1.82, 2.24) is 0 Å². The van der Waals surface area contributed by atoms with E-state index >= 15 is 0 Å². The van der Waals surface area contributed by atoms with Crippen LogP contribution in [0.4, 0.5) is 5.69 Å². The molecule has 30 heavy (non-hydrogen) atoms. The van der Waals surface area contributed by atoms with Crippen molar-refractivity contribution in [1.29, 1.82) is 5.26 Å². The van der Waals surface area contributed by atoms with Gasteiger partial charge in [0.05, 0.1) is 15.5 Å². The number of rotatable bonds is 5. The van der Waals surface area contributed by atoms with Crippen molar-refractivity contribution in [2.45, 2.75) is 4.90 Å². The van der Waals surface area contributed by atoms with Gasteiger partial charge in [-0.2, -0.15) is 5.26 Å². The first-order chi connectivity index (χ1) is 14.3. The molecular weight excluding hydrogens is 488 g/mol. The van der Waals surface area contributed by atoms with Gasteiger partial charge in [-0.1, -0.05) is 51.8 Å². The molecule has 0 aromatic heterocycles. The highest BCUT2D eigenvalue weighted by Gasteiger charge is 2.20. The number of nitriles is 1. The Morgan fingerprint density at radius 2 is 1.73 bits per heavy atom. The van der Waals surface area contributed by atoms with E-state index in [1.54, 1.807) is 66.7 Å². The summed E-state index contributed by atoms with van der Waals surface area (Å²) in [6.07, 6.45) is 1.27. The molecule has 0 saturated carbocycles. The first-order valence-corrected chi connectivity index (χ1v) is 11.2. The molecule has 1 N–H and O–H groups in total. The maximum Gasteiger partial charge on any atom is 0.257 e. The number of carbonyl (C=O) groups excluding carboxylic acids is 1. The van der Waals surface area contributed by atoms with Gasteiger partial charge in [0.2, 0.25) is 9.84 Å². The van der Waals surface area contributed by atoms with Crippen LogP contribution in [0.15, 0.2) is 87.1 Å². The fourth-order valence-corrected chi connectivity index (χ4v) is 4.26. The van der Waals surface area contributed by atoms with Crippen LogP contribution in [0.1, 0.15) is 15.9 Å². The van der Waals surface area contributed by atoms with Crippen molar-refractivity contribution in [2.75, 3.05) is 5.32 Å². The van der Waals surface area contributed by atoms with E-state index in [2.05, 4.69) is 21.2 Å². The summed E-state index contributed by atoms with van der Waals surface area (Å²) in [5, 5.41) is 12.5. The Kier molecular flexibility index (Phi) is 6.73. The van der Waals surface area contributed by atoms with Crippen LogP contribution < -0.4 is 5.32 Å². The summed E-state index contributed by atoms with van der Waals surface area (Å²) < 4.78 is 26.3. The van der Waals surface area contributed by atoms with Gasteiger partial charge in [0.25, 0.3) is 5.91 Å². The van der Waals surface area contributed by atoms with Gasteiger partial charge in [0, 0.05) is 10.2 Å². The molecule has 0 atom stereocenters. The topological polar surface area (TPSA) is 87.0 Å². The van der Waals surface area contributed by atoms with E-state index in [9.17, 15) is 18.5 Å². The third-order valence-corrected chi connectivity index (χ3v) is 6.62. The fourth-order valence-electron chi connectivity index (χ4n) is 2.61. The molecule has 0 fully saturated rings. The first-order valence-electron chi connectivity index (χ1n) is 8.59. The second kappa shape index (κ2) is 9.26. The molecule has 150 valence electrons. The van der Waals surface area contributed by atoms with E-state index in [4.69, 9.17) is 11.6 Å². The average molecular weight is 502 g/mol. The number of carbonyl (C=O) groups is 1. The van der Waals surface area contributed by atoms with Gasteiger partial charge >= 0.3 is 0 Å². The van der Waals surface area contributed by atoms with Crippen molar-refractivity contribution >= 4 is 55.0 Å². The lowest BCUT2D eigenvalue weighted by atomic mass is 10.1. The minimum absolute atomic E-state index is 0.0154. The second-order valence-corrected chi connectivity index (χ2v) is 9.38. The summed E-state index contributed by atoms with van der Waals surface area (Å²) in [5.74, 6) is -0.398. The van der Waals surface area contributed by atoms with E-state index in [1.807, 2.05) is 0 Å². The number of amides is 1. The predicted molar refractivity (Wildman–Crippen MR) is 121 cm³/mol. The molecule has 0 bridgehead atoms. The summed E-state index contributed by atoms with van der Waals surface area (Å²) in [6, 6.07) is 20.9. The number of benzene rings is 3. The van der Waals surface area contributed by atoms with E-state index in [1.165, 1.54) is 18.2 Å². The van der Waals surface area contributed by atoms with Gasteiger partial charge in [-0.25, -0.2) is 8.42 Å². The zero-order valence-electron chi connectivity index (χ0n) is 15.3. The smallest absolute Gasteiger partial charge is 0.257 e. The lowest BCUT2D eigenvalue weighted by molar-refractivity contribution is 0.102. The number of sulfone groups is 1. The lowest BCUT2D eigenvalue weighted by Crippen LogP contribution is -2.12. The highest BCUT2D eigenvalue weighted by atomic mass is 79.9. The lowest BCUT2D eigenvalue weighted by Gasteiger charge is -2.08. The van der Waals surface area contributed by atoms with Crippen molar-refractivity contribution in [2.24, 2.45) is 0 Å². The van der Waals surface area contributed by atoms with Crippen LogP contribution in [-0.2, 0) is 9.84 Å². The molecule has 0 heterocycles. The van der Waals surface area contributed by atoms with Gasteiger partial charge < -0.3 is 5.32 Å². The molecule has 0 aliphatic carbocycles.